The topological polar surface area (TPSA) is 9.23 Å². The zero-order valence-electron chi connectivity index (χ0n) is 25.3. The lowest BCUT2D eigenvalue weighted by molar-refractivity contribution is -0.189. The molecule has 0 unspecified atom stereocenters. The molecule has 5 rings (SSSR count). The van der Waals surface area contributed by atoms with Crippen molar-refractivity contribution in [1.82, 2.24) is 0 Å². The van der Waals surface area contributed by atoms with Gasteiger partial charge in [0.15, 0.2) is 17.5 Å². The summed E-state index contributed by atoms with van der Waals surface area (Å²) in [5.74, 6) is -11.3. The van der Waals surface area contributed by atoms with Crippen molar-refractivity contribution in [2.24, 2.45) is 0 Å². The third-order valence-corrected chi connectivity index (χ3v) is 7.89. The highest BCUT2D eigenvalue weighted by Crippen LogP contribution is 2.38. The summed E-state index contributed by atoms with van der Waals surface area (Å²) >= 11 is 0. The van der Waals surface area contributed by atoms with Crippen molar-refractivity contribution in [2.75, 3.05) is 0 Å². The molecular weight excluding hydrogens is 624 g/mol. The molecule has 0 fully saturated rings. The Labute approximate surface area is 267 Å². The van der Waals surface area contributed by atoms with Gasteiger partial charge in [-0.15, -0.1) is 0 Å². The third-order valence-electron chi connectivity index (χ3n) is 7.89. The van der Waals surface area contributed by atoms with Crippen molar-refractivity contribution < 1.29 is 39.9 Å². The molecule has 0 radical (unpaired) electrons. The van der Waals surface area contributed by atoms with Gasteiger partial charge in [-0.1, -0.05) is 93.3 Å². The van der Waals surface area contributed by atoms with Gasteiger partial charge in [0.2, 0.25) is 0 Å². The number of unbranched alkanes of at least 4 members (excludes halogenated alkanes) is 4. The van der Waals surface area contributed by atoms with Crippen molar-refractivity contribution in [1.29, 1.82) is 0 Å². The number of benzene rings is 5. The Balaban J connectivity index is 1.30. The van der Waals surface area contributed by atoms with Gasteiger partial charge in [-0.3, -0.25) is 0 Å². The molecule has 1 nitrogen and oxygen atoms in total. The zero-order chi connectivity index (χ0) is 33.7. The molecule has 0 spiro atoms. The summed E-state index contributed by atoms with van der Waals surface area (Å²) < 4.78 is 118. The lowest BCUT2D eigenvalue weighted by Gasteiger charge is -2.20. The van der Waals surface area contributed by atoms with Crippen LogP contribution in [-0.2, 0) is 12.5 Å². The number of rotatable bonds is 12. The van der Waals surface area contributed by atoms with Crippen LogP contribution in [0.2, 0.25) is 0 Å². The first-order valence-corrected chi connectivity index (χ1v) is 15.2. The van der Waals surface area contributed by atoms with E-state index < -0.39 is 52.3 Å². The second-order valence-electron chi connectivity index (χ2n) is 11.3. The summed E-state index contributed by atoms with van der Waals surface area (Å²) in [6.07, 6.45) is 2.40. The predicted molar refractivity (Wildman–Crippen MR) is 166 cm³/mol. The maximum Gasteiger partial charge on any atom is 0.432 e. The molecule has 0 bridgehead atoms. The maximum atomic E-state index is 15.2. The molecule has 0 saturated carbocycles. The molecule has 0 N–H and O–H groups in total. The zero-order valence-corrected chi connectivity index (χ0v) is 25.3. The highest BCUT2D eigenvalue weighted by Gasteiger charge is 2.41. The van der Waals surface area contributed by atoms with Gasteiger partial charge in [-0.05, 0) is 64.4 Å². The maximum absolute atomic E-state index is 15.2. The first-order valence-electron chi connectivity index (χ1n) is 15.2. The Morgan fingerprint density at radius 1 is 0.511 bits per heavy atom. The second-order valence-corrected chi connectivity index (χ2v) is 11.3. The van der Waals surface area contributed by atoms with Crippen LogP contribution in [0.15, 0.2) is 91.0 Å². The van der Waals surface area contributed by atoms with Crippen molar-refractivity contribution in [3.8, 4) is 39.1 Å². The Bertz CT molecular complexity index is 1800. The molecule has 0 atom stereocenters. The molecule has 0 aliphatic heterocycles. The van der Waals surface area contributed by atoms with Crippen LogP contribution in [0.25, 0.3) is 33.4 Å². The Morgan fingerprint density at radius 2 is 1.00 bits per heavy atom. The molecule has 5 aromatic carbocycles. The normalized spacial score (nSPS) is 11.6. The predicted octanol–water partition coefficient (Wildman–Crippen LogP) is 12.2. The van der Waals surface area contributed by atoms with E-state index in [9.17, 15) is 30.7 Å². The lowest BCUT2D eigenvalue weighted by atomic mass is 9.96. The molecule has 0 aromatic heterocycles. The largest absolute Gasteiger partial charge is 0.432 e. The van der Waals surface area contributed by atoms with Crippen molar-refractivity contribution in [2.45, 2.75) is 51.6 Å². The van der Waals surface area contributed by atoms with Crippen molar-refractivity contribution >= 4 is 0 Å². The lowest BCUT2D eigenvalue weighted by Crippen LogP contribution is -2.25. The van der Waals surface area contributed by atoms with Crippen LogP contribution in [-0.4, -0.2) is 0 Å². The number of halogens is 8. The van der Waals surface area contributed by atoms with E-state index >= 15 is 4.39 Å². The highest BCUT2D eigenvalue weighted by atomic mass is 19.3. The van der Waals surface area contributed by atoms with Crippen LogP contribution in [0.4, 0.5) is 35.1 Å². The average Bonchev–Trinajstić information content (AvgIpc) is 3.03. The van der Waals surface area contributed by atoms with Crippen LogP contribution in [0.5, 0.6) is 5.75 Å². The van der Waals surface area contributed by atoms with Gasteiger partial charge in [0.1, 0.15) is 28.8 Å². The van der Waals surface area contributed by atoms with E-state index in [0.29, 0.717) is 23.3 Å². The van der Waals surface area contributed by atoms with E-state index in [1.807, 2.05) is 24.3 Å². The summed E-state index contributed by atoms with van der Waals surface area (Å²) in [5.41, 5.74) is 1.95. The summed E-state index contributed by atoms with van der Waals surface area (Å²) in [4.78, 5) is 0. The van der Waals surface area contributed by atoms with Crippen LogP contribution in [0.1, 0.15) is 50.2 Å². The molecule has 0 aliphatic rings. The van der Waals surface area contributed by atoms with Crippen molar-refractivity contribution in [3.63, 3.8) is 0 Å². The Hall–Kier alpha value is -4.66. The summed E-state index contributed by atoms with van der Waals surface area (Å²) in [6, 6.07) is 21.0. The third kappa shape index (κ3) is 7.84. The van der Waals surface area contributed by atoms with Crippen molar-refractivity contribution in [3.05, 3.63) is 137 Å². The fraction of sp³-hybridized carbons (Fsp3) is 0.211. The minimum absolute atomic E-state index is 0.106. The van der Waals surface area contributed by atoms with E-state index in [1.165, 1.54) is 49.4 Å². The van der Waals surface area contributed by atoms with E-state index in [2.05, 4.69) is 35.9 Å². The molecule has 9 heteroatoms. The highest BCUT2D eigenvalue weighted by molar-refractivity contribution is 5.74. The van der Waals surface area contributed by atoms with Gasteiger partial charge in [0, 0.05) is 17.7 Å². The van der Waals surface area contributed by atoms with Crippen LogP contribution in [0, 0.1) is 34.9 Å². The quantitative estimate of drug-likeness (QED) is 0.0739. The smallest absolute Gasteiger partial charge is 0.429 e. The van der Waals surface area contributed by atoms with Gasteiger partial charge in [0.05, 0.1) is 0 Å². The van der Waals surface area contributed by atoms with E-state index in [0.717, 1.165) is 24.0 Å². The van der Waals surface area contributed by atoms with Crippen LogP contribution < -0.4 is 4.74 Å². The molecule has 0 aliphatic carbocycles. The van der Waals surface area contributed by atoms with Gasteiger partial charge in [-0.2, -0.15) is 8.78 Å². The molecule has 0 heterocycles. The minimum Gasteiger partial charge on any atom is -0.429 e. The summed E-state index contributed by atoms with van der Waals surface area (Å²) in [5, 5.41) is 0. The second kappa shape index (κ2) is 14.4. The molecular formula is C38H30F8O. The molecule has 47 heavy (non-hydrogen) atoms. The average molecular weight is 655 g/mol. The molecule has 244 valence electrons. The molecule has 0 saturated heterocycles. The van der Waals surface area contributed by atoms with Gasteiger partial charge >= 0.3 is 6.11 Å². The fourth-order valence-electron chi connectivity index (χ4n) is 5.38. The number of hydrogen-bond acceptors (Lipinski definition) is 1. The van der Waals surface area contributed by atoms with Crippen LogP contribution >= 0.6 is 0 Å². The van der Waals surface area contributed by atoms with E-state index in [1.54, 1.807) is 0 Å². The Morgan fingerprint density at radius 3 is 1.55 bits per heavy atom. The summed E-state index contributed by atoms with van der Waals surface area (Å²) in [6.45, 7) is 2.19. The number of hydrogen-bond donors (Lipinski definition) is 0. The molecule has 0 amide bonds. The van der Waals surface area contributed by atoms with Gasteiger partial charge in [-0.25, -0.2) is 26.3 Å². The van der Waals surface area contributed by atoms with Crippen LogP contribution in [0.3, 0.4) is 0 Å². The van der Waals surface area contributed by atoms with Gasteiger partial charge in [0.25, 0.3) is 0 Å². The first kappa shape index (κ1) is 33.7. The first-order chi connectivity index (χ1) is 22.5. The standard InChI is InChI=1S/C38H30F8O/c1-2-3-4-5-6-7-23-8-10-24(11-9-23)25-12-14-26(15-13-25)27-16-17-30(31(39)18-27)28-19-32(40)36(33(41)20-28)38(45,46)47-29-21-34(42)37(44)35(43)22-29/h8-22H,2-7H2,1H3. The summed E-state index contributed by atoms with van der Waals surface area (Å²) in [7, 11) is 0. The Kier molecular flexibility index (Phi) is 10.3. The monoisotopic (exact) mass is 654 g/mol. The number of aryl methyl sites for hydroxylation is 1. The number of ether oxygens (including phenoxy) is 1. The fourth-order valence-corrected chi connectivity index (χ4v) is 5.38. The minimum atomic E-state index is -4.76. The molecule has 5 aromatic rings. The van der Waals surface area contributed by atoms with E-state index in [-0.39, 0.29) is 23.3 Å². The number of alkyl halides is 2. The van der Waals surface area contributed by atoms with E-state index in [4.69, 9.17) is 0 Å². The van der Waals surface area contributed by atoms with Gasteiger partial charge < -0.3 is 4.74 Å². The SMILES string of the molecule is CCCCCCCc1ccc(-c2ccc(-c3ccc(-c4cc(F)c(C(F)(F)Oc5cc(F)c(F)c(F)c5)c(F)c4)c(F)c3)cc2)cc1.